The molecule has 0 saturated heterocycles. The lowest BCUT2D eigenvalue weighted by Crippen LogP contribution is -2.43. The second-order valence-electron chi connectivity index (χ2n) is 11.9. The van der Waals surface area contributed by atoms with Crippen molar-refractivity contribution in [2.24, 2.45) is 0 Å². The van der Waals surface area contributed by atoms with Gasteiger partial charge >= 0.3 is 0 Å². The van der Waals surface area contributed by atoms with Gasteiger partial charge in [-0.05, 0) is 75.9 Å². The molecule has 0 aromatic carbocycles. The summed E-state index contributed by atoms with van der Waals surface area (Å²) >= 11 is 7.90. The smallest absolute Gasteiger partial charge is 0.250 e. The molecule has 1 N–H and O–H groups in total. The molecule has 2 unspecified atom stereocenters. The monoisotopic (exact) mass is 624 g/mol. The highest BCUT2D eigenvalue weighted by atomic mass is 35.5. The summed E-state index contributed by atoms with van der Waals surface area (Å²) in [5.41, 5.74) is 1.12. The van der Waals surface area contributed by atoms with Crippen LogP contribution in [0.3, 0.4) is 0 Å². The van der Waals surface area contributed by atoms with Crippen LogP contribution in [-0.4, -0.2) is 66.5 Å². The zero-order chi connectivity index (χ0) is 29.3. The first-order valence-corrected chi connectivity index (χ1v) is 16.9. The molecule has 2 fully saturated rings. The molecule has 2 atom stereocenters. The van der Waals surface area contributed by atoms with Crippen molar-refractivity contribution in [3.05, 3.63) is 76.9 Å². The number of pyridine rings is 1. The predicted molar refractivity (Wildman–Crippen MR) is 165 cm³/mol. The van der Waals surface area contributed by atoms with Crippen LogP contribution in [0.5, 0.6) is 0 Å². The fourth-order valence-corrected chi connectivity index (χ4v) is 9.36. The molecule has 42 heavy (non-hydrogen) atoms. The highest BCUT2D eigenvalue weighted by molar-refractivity contribution is 7.91. The number of hydrogen-bond acceptors (Lipinski definition) is 8. The van der Waals surface area contributed by atoms with E-state index in [2.05, 4.69) is 27.0 Å². The number of aliphatic hydroxyl groups is 1. The summed E-state index contributed by atoms with van der Waals surface area (Å²) < 4.78 is 30.9. The van der Waals surface area contributed by atoms with Crippen molar-refractivity contribution in [1.29, 1.82) is 0 Å². The van der Waals surface area contributed by atoms with Gasteiger partial charge < -0.3 is 10.0 Å². The van der Waals surface area contributed by atoms with E-state index in [1.807, 2.05) is 23.0 Å². The molecule has 3 aliphatic rings. The topological polar surface area (TPSA) is 106 Å². The van der Waals surface area contributed by atoms with Crippen molar-refractivity contribution in [1.82, 2.24) is 28.6 Å². The summed E-state index contributed by atoms with van der Waals surface area (Å²) in [7, 11) is -1.93. The third kappa shape index (κ3) is 4.57. The van der Waals surface area contributed by atoms with E-state index in [0.717, 1.165) is 35.5 Å². The van der Waals surface area contributed by atoms with Gasteiger partial charge in [-0.25, -0.2) is 22.4 Å². The van der Waals surface area contributed by atoms with Crippen LogP contribution in [0.2, 0.25) is 0 Å². The normalized spacial score (nSPS) is 23.8. The largest absolute Gasteiger partial charge is 0.383 e. The van der Waals surface area contributed by atoms with Gasteiger partial charge in [0.15, 0.2) is 5.65 Å². The van der Waals surface area contributed by atoms with Crippen molar-refractivity contribution in [2.45, 2.75) is 67.9 Å². The Hall–Kier alpha value is -2.83. The SMILES string of the molecule is CN(CCn1cc(C2C=CC(Cl)=CC2(C)S(=O)(=O)n2ccc3c(-c4cnc(C5(O)CCC5)s4)ccnc32)cn1)C1CC1. The molecule has 4 heterocycles. The van der Waals surface area contributed by atoms with E-state index in [1.54, 1.807) is 49.9 Å². The third-order valence-corrected chi connectivity index (χ3v) is 12.8. The Morgan fingerprint density at radius 3 is 2.76 bits per heavy atom. The first-order valence-electron chi connectivity index (χ1n) is 14.3. The summed E-state index contributed by atoms with van der Waals surface area (Å²) in [4.78, 5) is 12.2. The van der Waals surface area contributed by atoms with Gasteiger partial charge in [-0.15, -0.1) is 11.3 Å². The van der Waals surface area contributed by atoms with Crippen LogP contribution < -0.4 is 0 Å². The lowest BCUT2D eigenvalue weighted by molar-refractivity contribution is -0.0389. The van der Waals surface area contributed by atoms with Gasteiger partial charge in [-0.2, -0.15) is 5.10 Å². The second-order valence-corrected chi connectivity index (χ2v) is 15.6. The summed E-state index contributed by atoms with van der Waals surface area (Å²) in [5.74, 6) is -0.507. The summed E-state index contributed by atoms with van der Waals surface area (Å²) in [6.07, 6.45) is 18.8. The molecular weight excluding hydrogens is 592 g/mol. The van der Waals surface area contributed by atoms with E-state index in [9.17, 15) is 13.5 Å². The van der Waals surface area contributed by atoms with Gasteiger partial charge in [0.2, 0.25) is 10.0 Å². The van der Waals surface area contributed by atoms with E-state index >= 15 is 0 Å². The lowest BCUT2D eigenvalue weighted by Gasteiger charge is -2.35. The minimum absolute atomic E-state index is 0.336. The quantitative estimate of drug-likeness (QED) is 0.272. The minimum atomic E-state index is -4.06. The van der Waals surface area contributed by atoms with Crippen LogP contribution in [0.15, 0.2) is 66.4 Å². The van der Waals surface area contributed by atoms with E-state index in [4.69, 9.17) is 11.6 Å². The van der Waals surface area contributed by atoms with E-state index in [1.165, 1.54) is 28.2 Å². The van der Waals surface area contributed by atoms with Crippen LogP contribution in [0.25, 0.3) is 21.5 Å². The van der Waals surface area contributed by atoms with Gasteiger partial charge in [-0.3, -0.25) is 4.68 Å². The van der Waals surface area contributed by atoms with Crippen molar-refractivity contribution >= 4 is 44.0 Å². The highest BCUT2D eigenvalue weighted by Gasteiger charge is 2.48. The first kappa shape index (κ1) is 28.0. The molecular formula is C30H33ClN6O3S2. The standard InChI is InChI=1S/C30H33ClN6O3S2/c1-29(16-21(31)4-7-25(29)20-17-34-36(19-20)15-14-35(2)22-5-6-22)42(39,40)37-13-9-24-23(8-12-32-27(24)37)26-18-33-28(41-26)30(38)10-3-11-30/h4,7-9,12-13,16-19,22,25,38H,3,5-6,10-11,14-15H2,1-2H3. The van der Waals surface area contributed by atoms with E-state index in [0.29, 0.717) is 40.0 Å². The fraction of sp³-hybridized carbons (Fsp3) is 0.433. The van der Waals surface area contributed by atoms with Crippen LogP contribution in [0, 0.1) is 0 Å². The fourth-order valence-electron chi connectivity index (χ4n) is 6.06. The molecule has 0 bridgehead atoms. The molecule has 0 radical (unpaired) electrons. The van der Waals surface area contributed by atoms with Gasteiger partial charge in [0, 0.05) is 59.3 Å². The number of thiazole rings is 1. The van der Waals surface area contributed by atoms with Gasteiger partial charge in [0.25, 0.3) is 0 Å². The van der Waals surface area contributed by atoms with Crippen LogP contribution >= 0.6 is 22.9 Å². The second kappa shape index (κ2) is 10.1. The average Bonchev–Trinajstić information content (AvgIpc) is 3.32. The summed E-state index contributed by atoms with van der Waals surface area (Å²) in [5, 5.41) is 17.1. The maximum atomic E-state index is 14.6. The highest BCUT2D eigenvalue weighted by Crippen LogP contribution is 2.46. The molecule has 12 heteroatoms. The van der Waals surface area contributed by atoms with Crippen molar-refractivity contribution in [2.75, 3.05) is 13.6 Å². The lowest BCUT2D eigenvalue weighted by atomic mass is 9.81. The molecule has 2 saturated carbocycles. The Kier molecular flexibility index (Phi) is 6.74. The van der Waals surface area contributed by atoms with E-state index < -0.39 is 26.3 Å². The zero-order valence-electron chi connectivity index (χ0n) is 23.5. The molecule has 0 aliphatic heterocycles. The maximum absolute atomic E-state index is 14.6. The van der Waals surface area contributed by atoms with Crippen molar-refractivity contribution in [3.63, 3.8) is 0 Å². The van der Waals surface area contributed by atoms with Gasteiger partial charge in [0.05, 0.1) is 17.6 Å². The number of fused-ring (bicyclic) bond motifs is 1. The number of halogens is 1. The van der Waals surface area contributed by atoms with Crippen LogP contribution in [0.4, 0.5) is 0 Å². The van der Waals surface area contributed by atoms with E-state index in [-0.39, 0.29) is 0 Å². The van der Waals surface area contributed by atoms with Gasteiger partial charge in [0.1, 0.15) is 15.4 Å². The molecule has 4 aromatic heterocycles. The number of likely N-dealkylation sites (N-methyl/N-ethyl adjacent to an activating group) is 1. The Bertz CT molecular complexity index is 1830. The number of nitrogens with zero attached hydrogens (tertiary/aromatic N) is 6. The predicted octanol–water partition coefficient (Wildman–Crippen LogP) is 5.23. The van der Waals surface area contributed by atoms with Crippen LogP contribution in [-0.2, 0) is 22.2 Å². The summed E-state index contributed by atoms with van der Waals surface area (Å²) in [6, 6.07) is 4.31. The summed E-state index contributed by atoms with van der Waals surface area (Å²) in [6.45, 7) is 3.33. The minimum Gasteiger partial charge on any atom is -0.383 e. The van der Waals surface area contributed by atoms with Crippen molar-refractivity contribution in [3.8, 4) is 10.4 Å². The van der Waals surface area contributed by atoms with Crippen LogP contribution in [0.1, 0.15) is 55.5 Å². The molecule has 0 spiro atoms. The number of allylic oxidation sites excluding steroid dienone is 3. The molecule has 0 amide bonds. The number of rotatable bonds is 9. The Balaban J connectivity index is 1.23. The molecule has 9 nitrogen and oxygen atoms in total. The Morgan fingerprint density at radius 1 is 1.21 bits per heavy atom. The average molecular weight is 625 g/mol. The Labute approximate surface area is 254 Å². The molecule has 3 aliphatic carbocycles. The first-order chi connectivity index (χ1) is 20.1. The third-order valence-electron chi connectivity index (χ3n) is 9.07. The maximum Gasteiger partial charge on any atom is 0.250 e. The van der Waals surface area contributed by atoms with Gasteiger partial charge in [-0.1, -0.05) is 17.7 Å². The number of aromatic nitrogens is 5. The zero-order valence-corrected chi connectivity index (χ0v) is 25.9. The number of hydrogen-bond donors (Lipinski definition) is 1. The molecule has 7 rings (SSSR count). The molecule has 220 valence electrons. The Morgan fingerprint density at radius 2 is 2.02 bits per heavy atom. The van der Waals surface area contributed by atoms with Crippen molar-refractivity contribution < 1.29 is 13.5 Å². The molecule has 4 aromatic rings.